The fraction of sp³-hybridized carbons (Fsp3) is 0.368. The Balaban J connectivity index is 1.82. The molecule has 0 aliphatic heterocycles. The highest BCUT2D eigenvalue weighted by Gasteiger charge is 2.14. The summed E-state index contributed by atoms with van der Waals surface area (Å²) in [6, 6.07) is 15.2. The number of nitrogens with one attached hydrogen (secondary N) is 1. The van der Waals surface area contributed by atoms with E-state index in [0.717, 1.165) is 5.75 Å². The number of methoxy groups -OCH3 is 1. The Kier molecular flexibility index (Phi) is 4.14. The van der Waals surface area contributed by atoms with E-state index >= 15 is 0 Å². The summed E-state index contributed by atoms with van der Waals surface area (Å²) in [4.78, 5) is 0. The van der Waals surface area contributed by atoms with E-state index < -0.39 is 0 Å². The second kappa shape index (κ2) is 6.21. The summed E-state index contributed by atoms with van der Waals surface area (Å²) in [6.45, 7) is 2.21. The molecule has 1 N–H and O–H groups in total. The van der Waals surface area contributed by atoms with Crippen LogP contribution in [0, 0.1) is 0 Å². The van der Waals surface area contributed by atoms with Gasteiger partial charge >= 0.3 is 0 Å². The summed E-state index contributed by atoms with van der Waals surface area (Å²) in [5, 5.41) is 3.68. The molecule has 0 aromatic heterocycles. The van der Waals surface area contributed by atoms with Gasteiger partial charge in [-0.1, -0.05) is 24.3 Å². The summed E-state index contributed by atoms with van der Waals surface area (Å²) < 4.78 is 5.32. The molecule has 2 aromatic carbocycles. The van der Waals surface area contributed by atoms with Crippen LogP contribution < -0.4 is 10.1 Å². The third-order valence-corrected chi connectivity index (χ3v) is 4.36. The van der Waals surface area contributed by atoms with Gasteiger partial charge in [0.2, 0.25) is 0 Å². The molecular formula is C19H23NO. The minimum absolute atomic E-state index is 0.272. The van der Waals surface area contributed by atoms with Gasteiger partial charge in [-0.3, -0.25) is 0 Å². The predicted octanol–water partition coefficient (Wildman–Crippen LogP) is 4.75. The Bertz CT molecular complexity index is 621. The van der Waals surface area contributed by atoms with Crippen molar-refractivity contribution in [2.24, 2.45) is 0 Å². The van der Waals surface area contributed by atoms with Crippen LogP contribution in [0.25, 0.3) is 0 Å². The summed E-state index contributed by atoms with van der Waals surface area (Å²) in [5.41, 5.74) is 5.58. The van der Waals surface area contributed by atoms with Crippen LogP contribution in [0.4, 0.5) is 5.69 Å². The average molecular weight is 281 g/mol. The zero-order valence-corrected chi connectivity index (χ0v) is 12.9. The van der Waals surface area contributed by atoms with Crippen molar-refractivity contribution in [3.8, 4) is 5.75 Å². The molecule has 0 radical (unpaired) electrons. The third kappa shape index (κ3) is 3.05. The number of ether oxygens (including phenoxy) is 1. The molecule has 0 spiro atoms. The second-order valence-electron chi connectivity index (χ2n) is 5.79. The van der Waals surface area contributed by atoms with Crippen LogP contribution in [-0.4, -0.2) is 7.11 Å². The number of aryl methyl sites for hydroxylation is 1. The van der Waals surface area contributed by atoms with Gasteiger partial charge in [0.1, 0.15) is 5.75 Å². The summed E-state index contributed by atoms with van der Waals surface area (Å²) in [7, 11) is 1.71. The number of hydrogen-bond donors (Lipinski definition) is 1. The number of benzene rings is 2. The molecule has 0 fully saturated rings. The van der Waals surface area contributed by atoms with E-state index in [0.29, 0.717) is 0 Å². The van der Waals surface area contributed by atoms with Gasteiger partial charge in [-0.05, 0) is 67.5 Å². The van der Waals surface area contributed by atoms with Gasteiger partial charge in [-0.25, -0.2) is 0 Å². The average Bonchev–Trinajstić information content (AvgIpc) is 2.55. The first-order valence-corrected chi connectivity index (χ1v) is 7.79. The standard InChI is InChI=1S/C19H23NO/c1-14(16-9-5-10-17(13-16)21-2)20-19-12-6-8-15-7-3-4-11-18(15)19/h5-6,8-10,12-14,20H,3-4,7,11H2,1-2H3. The van der Waals surface area contributed by atoms with Crippen molar-refractivity contribution in [2.75, 3.05) is 12.4 Å². The van der Waals surface area contributed by atoms with Crippen molar-refractivity contribution in [1.82, 2.24) is 0 Å². The Morgan fingerprint density at radius 3 is 2.71 bits per heavy atom. The molecule has 0 saturated carbocycles. The predicted molar refractivity (Wildman–Crippen MR) is 88.1 cm³/mol. The summed E-state index contributed by atoms with van der Waals surface area (Å²) >= 11 is 0. The molecule has 3 rings (SSSR count). The molecule has 0 amide bonds. The molecule has 110 valence electrons. The number of hydrogen-bond acceptors (Lipinski definition) is 2. The lowest BCUT2D eigenvalue weighted by atomic mass is 9.90. The molecule has 0 bridgehead atoms. The third-order valence-electron chi connectivity index (χ3n) is 4.36. The molecule has 0 heterocycles. The molecule has 2 nitrogen and oxygen atoms in total. The lowest BCUT2D eigenvalue weighted by Gasteiger charge is -2.23. The highest BCUT2D eigenvalue weighted by atomic mass is 16.5. The molecule has 2 aromatic rings. The summed E-state index contributed by atoms with van der Waals surface area (Å²) in [5.74, 6) is 0.913. The van der Waals surface area contributed by atoms with Crippen LogP contribution in [-0.2, 0) is 12.8 Å². The van der Waals surface area contributed by atoms with Crippen molar-refractivity contribution in [3.05, 3.63) is 59.2 Å². The Morgan fingerprint density at radius 1 is 1.05 bits per heavy atom. The Labute approximate surface area is 127 Å². The van der Waals surface area contributed by atoms with Crippen LogP contribution in [0.15, 0.2) is 42.5 Å². The quantitative estimate of drug-likeness (QED) is 0.873. The maximum Gasteiger partial charge on any atom is 0.119 e. The molecular weight excluding hydrogens is 258 g/mol. The van der Waals surface area contributed by atoms with Gasteiger partial charge in [-0.2, -0.15) is 0 Å². The monoisotopic (exact) mass is 281 g/mol. The van der Waals surface area contributed by atoms with Gasteiger partial charge in [-0.15, -0.1) is 0 Å². The maximum absolute atomic E-state index is 5.32. The van der Waals surface area contributed by atoms with Gasteiger partial charge in [0, 0.05) is 11.7 Å². The molecule has 0 saturated heterocycles. The number of anilines is 1. The van der Waals surface area contributed by atoms with Gasteiger partial charge in [0.15, 0.2) is 0 Å². The zero-order chi connectivity index (χ0) is 14.7. The van der Waals surface area contributed by atoms with E-state index in [4.69, 9.17) is 4.74 Å². The van der Waals surface area contributed by atoms with Gasteiger partial charge in [0.05, 0.1) is 7.11 Å². The van der Waals surface area contributed by atoms with Crippen LogP contribution in [0.5, 0.6) is 5.75 Å². The van der Waals surface area contributed by atoms with E-state index in [1.165, 1.54) is 48.1 Å². The van der Waals surface area contributed by atoms with Crippen LogP contribution in [0.2, 0.25) is 0 Å². The minimum atomic E-state index is 0.272. The largest absolute Gasteiger partial charge is 0.497 e. The smallest absolute Gasteiger partial charge is 0.119 e. The number of rotatable bonds is 4. The fourth-order valence-corrected chi connectivity index (χ4v) is 3.14. The van der Waals surface area contributed by atoms with Crippen molar-refractivity contribution >= 4 is 5.69 Å². The van der Waals surface area contributed by atoms with E-state index in [9.17, 15) is 0 Å². The molecule has 1 unspecified atom stereocenters. The van der Waals surface area contributed by atoms with Gasteiger partial charge in [0.25, 0.3) is 0 Å². The number of fused-ring (bicyclic) bond motifs is 1. The van der Waals surface area contributed by atoms with Gasteiger partial charge < -0.3 is 10.1 Å². The lowest BCUT2D eigenvalue weighted by molar-refractivity contribution is 0.414. The van der Waals surface area contributed by atoms with E-state index in [-0.39, 0.29) is 6.04 Å². The van der Waals surface area contributed by atoms with Crippen molar-refractivity contribution in [3.63, 3.8) is 0 Å². The first kappa shape index (κ1) is 14.0. The Morgan fingerprint density at radius 2 is 1.86 bits per heavy atom. The van der Waals surface area contributed by atoms with Crippen molar-refractivity contribution < 1.29 is 4.74 Å². The highest BCUT2D eigenvalue weighted by molar-refractivity contribution is 5.57. The topological polar surface area (TPSA) is 21.3 Å². The second-order valence-corrected chi connectivity index (χ2v) is 5.79. The first-order chi connectivity index (χ1) is 10.3. The SMILES string of the molecule is COc1cccc(C(C)Nc2cccc3c2CCCC3)c1. The Hall–Kier alpha value is -1.96. The van der Waals surface area contributed by atoms with Crippen LogP contribution in [0.1, 0.15) is 42.5 Å². The van der Waals surface area contributed by atoms with E-state index in [2.05, 4.69) is 42.6 Å². The minimum Gasteiger partial charge on any atom is -0.497 e. The van der Waals surface area contributed by atoms with Crippen LogP contribution >= 0.6 is 0 Å². The highest BCUT2D eigenvalue weighted by Crippen LogP contribution is 2.30. The van der Waals surface area contributed by atoms with E-state index in [1.54, 1.807) is 7.11 Å². The van der Waals surface area contributed by atoms with Crippen molar-refractivity contribution in [2.45, 2.75) is 38.6 Å². The zero-order valence-electron chi connectivity index (χ0n) is 12.9. The lowest BCUT2D eigenvalue weighted by Crippen LogP contribution is -2.11. The maximum atomic E-state index is 5.32. The molecule has 21 heavy (non-hydrogen) atoms. The molecule has 1 aliphatic carbocycles. The fourth-order valence-electron chi connectivity index (χ4n) is 3.14. The first-order valence-electron chi connectivity index (χ1n) is 7.79. The molecule has 1 aliphatic rings. The molecule has 2 heteroatoms. The normalized spacial score (nSPS) is 15.1. The van der Waals surface area contributed by atoms with Crippen molar-refractivity contribution in [1.29, 1.82) is 0 Å². The van der Waals surface area contributed by atoms with Crippen LogP contribution in [0.3, 0.4) is 0 Å². The van der Waals surface area contributed by atoms with E-state index in [1.807, 2.05) is 12.1 Å². The molecule has 1 atom stereocenters. The summed E-state index contributed by atoms with van der Waals surface area (Å²) in [6.07, 6.45) is 5.04.